The lowest BCUT2D eigenvalue weighted by atomic mass is 10.3. The average molecular weight is 319 g/mol. The number of methoxy groups -OCH3 is 1. The largest absolute Gasteiger partial charge is 0.497 e. The van der Waals surface area contributed by atoms with E-state index in [4.69, 9.17) is 17.0 Å². The fourth-order valence-corrected chi connectivity index (χ4v) is 2.91. The summed E-state index contributed by atoms with van der Waals surface area (Å²) in [5, 5.41) is 7.32. The summed E-state index contributed by atoms with van der Waals surface area (Å²) < 4.78 is 7.89. The summed E-state index contributed by atoms with van der Waals surface area (Å²) in [4.78, 5) is 4.75. The standard InChI is InChI=1S/C15H21N5OS/c1-18-6-8-19(9-7-18)11-14-16-17-15(22)20(14)12-4-3-5-13(10-12)21-2/h3-5,10H,6-9,11H2,1-2H3,(H,17,22). The van der Waals surface area contributed by atoms with Crippen LogP contribution >= 0.6 is 12.2 Å². The van der Waals surface area contributed by atoms with Gasteiger partial charge in [-0.1, -0.05) is 6.07 Å². The highest BCUT2D eigenvalue weighted by molar-refractivity contribution is 7.71. The van der Waals surface area contributed by atoms with Crippen LogP contribution in [0.4, 0.5) is 0 Å². The topological polar surface area (TPSA) is 49.3 Å². The Morgan fingerprint density at radius 3 is 2.77 bits per heavy atom. The van der Waals surface area contributed by atoms with Crippen LogP contribution in [0, 0.1) is 4.77 Å². The molecule has 0 bridgehead atoms. The zero-order valence-corrected chi connectivity index (χ0v) is 13.8. The molecule has 0 saturated carbocycles. The fourth-order valence-electron chi connectivity index (χ4n) is 2.66. The van der Waals surface area contributed by atoms with Crippen molar-refractivity contribution in [1.29, 1.82) is 0 Å². The molecule has 1 aliphatic rings. The van der Waals surface area contributed by atoms with Gasteiger partial charge in [0.05, 0.1) is 19.3 Å². The first-order valence-corrected chi connectivity index (χ1v) is 7.80. The lowest BCUT2D eigenvalue weighted by Crippen LogP contribution is -2.44. The molecule has 1 aromatic carbocycles. The van der Waals surface area contributed by atoms with Crippen molar-refractivity contribution >= 4 is 12.2 Å². The Morgan fingerprint density at radius 1 is 1.27 bits per heavy atom. The molecule has 1 saturated heterocycles. The van der Waals surface area contributed by atoms with E-state index in [0.717, 1.165) is 50.0 Å². The van der Waals surface area contributed by atoms with Crippen LogP contribution in [0.5, 0.6) is 5.75 Å². The predicted octanol–water partition coefficient (Wildman–Crippen LogP) is 1.69. The second-order valence-corrected chi connectivity index (χ2v) is 5.95. The van der Waals surface area contributed by atoms with Crippen molar-refractivity contribution in [3.63, 3.8) is 0 Å². The van der Waals surface area contributed by atoms with Gasteiger partial charge in [-0.05, 0) is 31.4 Å². The molecule has 3 rings (SSSR count). The molecular weight excluding hydrogens is 298 g/mol. The Morgan fingerprint density at radius 2 is 2.05 bits per heavy atom. The van der Waals surface area contributed by atoms with Crippen LogP contribution in [0.25, 0.3) is 5.69 Å². The number of nitrogens with one attached hydrogen (secondary N) is 1. The zero-order chi connectivity index (χ0) is 15.5. The predicted molar refractivity (Wildman–Crippen MR) is 88.1 cm³/mol. The van der Waals surface area contributed by atoms with Gasteiger partial charge in [0, 0.05) is 32.2 Å². The van der Waals surface area contributed by atoms with E-state index in [2.05, 4.69) is 27.0 Å². The SMILES string of the molecule is COc1cccc(-n2c(CN3CCN(C)CC3)n[nH]c2=S)c1. The third kappa shape index (κ3) is 3.21. The second kappa shape index (κ2) is 6.60. The van der Waals surface area contributed by atoms with Gasteiger partial charge in [-0.25, -0.2) is 0 Å². The molecule has 1 fully saturated rings. The Balaban J connectivity index is 1.86. The normalized spacial score (nSPS) is 16.8. The van der Waals surface area contributed by atoms with Crippen LogP contribution in [-0.2, 0) is 6.54 Å². The van der Waals surface area contributed by atoms with Crippen LogP contribution in [0.3, 0.4) is 0 Å². The van der Waals surface area contributed by atoms with Gasteiger partial charge >= 0.3 is 0 Å². The van der Waals surface area contributed by atoms with Crippen LogP contribution in [0.15, 0.2) is 24.3 Å². The van der Waals surface area contributed by atoms with E-state index in [-0.39, 0.29) is 0 Å². The van der Waals surface area contributed by atoms with Crippen LogP contribution < -0.4 is 4.74 Å². The van der Waals surface area contributed by atoms with Crippen molar-refractivity contribution < 1.29 is 4.74 Å². The summed E-state index contributed by atoms with van der Waals surface area (Å²) >= 11 is 5.40. The molecule has 0 radical (unpaired) electrons. The first-order valence-electron chi connectivity index (χ1n) is 7.39. The third-order valence-electron chi connectivity index (χ3n) is 4.01. The van der Waals surface area contributed by atoms with Crippen molar-refractivity contribution in [3.05, 3.63) is 34.9 Å². The Hall–Kier alpha value is -1.70. The van der Waals surface area contributed by atoms with Crippen LogP contribution in [-0.4, -0.2) is 64.9 Å². The smallest absolute Gasteiger partial charge is 0.199 e. The number of benzene rings is 1. The van der Waals surface area contributed by atoms with E-state index < -0.39 is 0 Å². The molecule has 0 aliphatic carbocycles. The number of nitrogens with zero attached hydrogens (tertiary/aromatic N) is 4. The highest BCUT2D eigenvalue weighted by Crippen LogP contribution is 2.19. The Bertz CT molecular complexity index is 687. The lowest BCUT2D eigenvalue weighted by molar-refractivity contribution is 0.145. The minimum Gasteiger partial charge on any atom is -0.497 e. The van der Waals surface area contributed by atoms with Crippen molar-refractivity contribution in [2.75, 3.05) is 40.3 Å². The molecule has 0 unspecified atom stereocenters. The van der Waals surface area contributed by atoms with Gasteiger partial charge in [0.2, 0.25) is 0 Å². The molecule has 1 aromatic heterocycles. The second-order valence-electron chi connectivity index (χ2n) is 5.56. The molecule has 2 aromatic rings. The summed E-state index contributed by atoms with van der Waals surface area (Å²) in [6.07, 6.45) is 0. The number of hydrogen-bond donors (Lipinski definition) is 1. The van der Waals surface area contributed by atoms with E-state index in [1.165, 1.54) is 0 Å². The number of H-pyrrole nitrogens is 1. The maximum absolute atomic E-state index is 5.40. The lowest BCUT2D eigenvalue weighted by Gasteiger charge is -2.31. The van der Waals surface area contributed by atoms with Gasteiger partial charge in [-0.3, -0.25) is 14.6 Å². The molecule has 22 heavy (non-hydrogen) atoms. The van der Waals surface area contributed by atoms with Gasteiger partial charge in [0.1, 0.15) is 11.6 Å². The van der Waals surface area contributed by atoms with Gasteiger partial charge in [-0.15, -0.1) is 0 Å². The highest BCUT2D eigenvalue weighted by Gasteiger charge is 2.17. The molecule has 0 amide bonds. The maximum atomic E-state index is 5.40. The van der Waals surface area contributed by atoms with Gasteiger partial charge in [-0.2, -0.15) is 5.10 Å². The van der Waals surface area contributed by atoms with Crippen molar-refractivity contribution in [3.8, 4) is 11.4 Å². The molecule has 7 heteroatoms. The molecule has 1 aliphatic heterocycles. The van der Waals surface area contributed by atoms with E-state index >= 15 is 0 Å². The van der Waals surface area contributed by atoms with E-state index in [0.29, 0.717) is 4.77 Å². The van der Waals surface area contributed by atoms with E-state index in [1.54, 1.807) is 7.11 Å². The Labute approximate surface area is 135 Å². The minimum atomic E-state index is 0.609. The third-order valence-corrected chi connectivity index (χ3v) is 4.29. The number of likely N-dealkylation sites (N-methyl/N-ethyl adjacent to an activating group) is 1. The highest BCUT2D eigenvalue weighted by atomic mass is 32.1. The number of aromatic amines is 1. The summed E-state index contributed by atoms with van der Waals surface area (Å²) in [5.41, 5.74) is 0.974. The van der Waals surface area contributed by atoms with Crippen molar-refractivity contribution in [2.45, 2.75) is 6.54 Å². The molecule has 1 N–H and O–H groups in total. The molecule has 0 spiro atoms. The monoisotopic (exact) mass is 319 g/mol. The fraction of sp³-hybridized carbons (Fsp3) is 0.467. The van der Waals surface area contributed by atoms with E-state index in [9.17, 15) is 0 Å². The summed E-state index contributed by atoms with van der Waals surface area (Å²) in [5.74, 6) is 1.74. The number of piperazine rings is 1. The quantitative estimate of drug-likeness (QED) is 0.869. The maximum Gasteiger partial charge on any atom is 0.199 e. The number of aromatic nitrogens is 3. The van der Waals surface area contributed by atoms with Crippen LogP contribution in [0.2, 0.25) is 0 Å². The van der Waals surface area contributed by atoms with E-state index in [1.807, 2.05) is 28.8 Å². The van der Waals surface area contributed by atoms with Gasteiger partial charge < -0.3 is 9.64 Å². The van der Waals surface area contributed by atoms with Gasteiger partial charge in [0.15, 0.2) is 4.77 Å². The number of ether oxygens (including phenoxy) is 1. The minimum absolute atomic E-state index is 0.609. The number of hydrogen-bond acceptors (Lipinski definition) is 5. The number of rotatable bonds is 4. The zero-order valence-electron chi connectivity index (χ0n) is 13.0. The first-order chi connectivity index (χ1) is 10.7. The van der Waals surface area contributed by atoms with Gasteiger partial charge in [0.25, 0.3) is 0 Å². The van der Waals surface area contributed by atoms with Crippen molar-refractivity contribution in [2.24, 2.45) is 0 Å². The molecule has 2 heterocycles. The summed E-state index contributed by atoms with van der Waals surface area (Å²) in [6, 6.07) is 7.87. The average Bonchev–Trinajstić information content (AvgIpc) is 2.90. The molecule has 118 valence electrons. The summed E-state index contributed by atoms with van der Waals surface area (Å²) in [6.45, 7) is 5.06. The van der Waals surface area contributed by atoms with Crippen LogP contribution in [0.1, 0.15) is 5.82 Å². The molecule has 6 nitrogen and oxygen atoms in total. The molecule has 0 atom stereocenters. The first kappa shape index (κ1) is 15.2. The van der Waals surface area contributed by atoms with Crippen molar-refractivity contribution in [1.82, 2.24) is 24.6 Å². The molecular formula is C15H21N5OS. The summed E-state index contributed by atoms with van der Waals surface area (Å²) in [7, 11) is 3.82. The Kier molecular flexibility index (Phi) is 4.56.